The fourth-order valence-corrected chi connectivity index (χ4v) is 5.15. The average molecular weight is 218 g/mol. The number of aliphatic hydroxyl groups excluding tert-OH is 2. The summed E-state index contributed by atoms with van der Waals surface area (Å²) in [5, 5.41) is 19.1. The van der Waals surface area contributed by atoms with Crippen molar-refractivity contribution in [1.29, 1.82) is 0 Å². The summed E-state index contributed by atoms with van der Waals surface area (Å²) >= 11 is 0. The van der Waals surface area contributed by atoms with E-state index in [1.807, 2.05) is 0 Å². The van der Waals surface area contributed by atoms with E-state index < -0.39 is 14.2 Å². The molecule has 0 rings (SSSR count). The normalized spacial score (nSPS) is 18.0. The zero-order chi connectivity index (χ0) is 11.6. The molecule has 86 valence electrons. The Morgan fingerprint density at radius 2 is 1.64 bits per heavy atom. The Kier molecular flexibility index (Phi) is 4.82. The van der Waals surface area contributed by atoms with Crippen molar-refractivity contribution in [3.05, 3.63) is 0 Å². The van der Waals surface area contributed by atoms with Crippen LogP contribution in [-0.4, -0.2) is 31.0 Å². The van der Waals surface area contributed by atoms with Crippen molar-refractivity contribution < 1.29 is 10.2 Å². The third kappa shape index (κ3) is 2.81. The topological polar surface area (TPSA) is 40.5 Å². The highest BCUT2D eigenvalue weighted by Crippen LogP contribution is 2.46. The van der Waals surface area contributed by atoms with Gasteiger partial charge in [-0.25, -0.2) is 0 Å². The van der Waals surface area contributed by atoms with Crippen molar-refractivity contribution in [3.8, 4) is 0 Å². The molecule has 0 spiro atoms. The molecule has 0 aliphatic rings. The van der Waals surface area contributed by atoms with E-state index in [-0.39, 0.29) is 17.2 Å². The third-order valence-electron chi connectivity index (χ3n) is 3.95. The summed E-state index contributed by atoms with van der Waals surface area (Å²) in [7, 11) is -1.53. The van der Waals surface area contributed by atoms with E-state index in [9.17, 15) is 5.11 Å². The summed E-state index contributed by atoms with van der Waals surface area (Å²) < 4.78 is 0. The lowest BCUT2D eigenvalue weighted by atomic mass is 10.2. The molecule has 0 aliphatic carbocycles. The SMILES string of the molecule is CC[C@@H]([C@@H](O)CO)[Si](C)(C)C(C)(C)C. The summed E-state index contributed by atoms with van der Waals surface area (Å²) in [6.07, 6.45) is 0.416. The lowest BCUT2D eigenvalue weighted by Gasteiger charge is -2.44. The zero-order valence-corrected chi connectivity index (χ0v) is 11.5. The molecular formula is C11H26O2Si. The lowest BCUT2D eigenvalue weighted by molar-refractivity contribution is 0.0849. The Morgan fingerprint density at radius 1 is 1.21 bits per heavy atom. The number of aliphatic hydroxyl groups is 2. The van der Waals surface area contributed by atoms with E-state index in [4.69, 9.17) is 5.11 Å². The van der Waals surface area contributed by atoms with Crippen LogP contribution in [0.15, 0.2) is 0 Å². The van der Waals surface area contributed by atoms with Gasteiger partial charge >= 0.3 is 0 Å². The molecule has 0 aliphatic heterocycles. The molecule has 0 saturated heterocycles. The van der Waals surface area contributed by atoms with E-state index in [2.05, 4.69) is 40.8 Å². The van der Waals surface area contributed by atoms with Gasteiger partial charge < -0.3 is 10.2 Å². The molecule has 0 fully saturated rings. The molecule has 0 saturated carbocycles. The predicted octanol–water partition coefficient (Wildman–Crippen LogP) is 2.63. The van der Waals surface area contributed by atoms with Crippen LogP contribution in [0.1, 0.15) is 34.1 Å². The van der Waals surface area contributed by atoms with Crippen LogP contribution in [0.4, 0.5) is 0 Å². The van der Waals surface area contributed by atoms with Crippen molar-refractivity contribution in [2.24, 2.45) is 0 Å². The summed E-state index contributed by atoms with van der Waals surface area (Å²) in [5.74, 6) is 0. The predicted molar refractivity (Wildman–Crippen MR) is 64.3 cm³/mol. The van der Waals surface area contributed by atoms with Gasteiger partial charge in [0.25, 0.3) is 0 Å². The van der Waals surface area contributed by atoms with Crippen LogP contribution in [0.3, 0.4) is 0 Å². The molecule has 0 heterocycles. The van der Waals surface area contributed by atoms with Crippen LogP contribution in [0.25, 0.3) is 0 Å². The second-order valence-corrected chi connectivity index (χ2v) is 11.4. The standard InChI is InChI=1S/C11H26O2Si/c1-7-10(9(13)8-12)14(5,6)11(2,3)4/h9-10,12-13H,7-8H2,1-6H3/t9-,10-/m0/s1. The van der Waals surface area contributed by atoms with Gasteiger partial charge in [0.2, 0.25) is 0 Å². The Labute approximate surface area is 89.4 Å². The fourth-order valence-electron chi connectivity index (χ4n) is 1.95. The van der Waals surface area contributed by atoms with E-state index in [1.165, 1.54) is 0 Å². The minimum atomic E-state index is -1.53. The minimum Gasteiger partial charge on any atom is -0.394 e. The van der Waals surface area contributed by atoms with Gasteiger partial charge in [-0.2, -0.15) is 0 Å². The van der Waals surface area contributed by atoms with E-state index in [0.29, 0.717) is 0 Å². The maximum Gasteiger partial charge on any atom is 0.0775 e. The van der Waals surface area contributed by atoms with Crippen LogP contribution in [-0.2, 0) is 0 Å². The molecule has 14 heavy (non-hydrogen) atoms. The van der Waals surface area contributed by atoms with E-state index in [1.54, 1.807) is 0 Å². The van der Waals surface area contributed by atoms with Gasteiger partial charge in [-0.05, 0) is 10.6 Å². The van der Waals surface area contributed by atoms with Crippen molar-refractivity contribution in [1.82, 2.24) is 0 Å². The van der Waals surface area contributed by atoms with E-state index >= 15 is 0 Å². The first-order valence-electron chi connectivity index (χ1n) is 5.47. The maximum absolute atomic E-state index is 9.80. The average Bonchev–Trinajstić information content (AvgIpc) is 2.02. The highest BCUT2D eigenvalue weighted by atomic mass is 28.3. The molecule has 0 unspecified atom stereocenters. The lowest BCUT2D eigenvalue weighted by Crippen LogP contribution is -2.47. The van der Waals surface area contributed by atoms with Crippen LogP contribution >= 0.6 is 0 Å². The molecule has 2 N–H and O–H groups in total. The van der Waals surface area contributed by atoms with Crippen LogP contribution in [0.2, 0.25) is 23.7 Å². The summed E-state index contributed by atoms with van der Waals surface area (Å²) in [6.45, 7) is 13.3. The largest absolute Gasteiger partial charge is 0.394 e. The van der Waals surface area contributed by atoms with Gasteiger partial charge in [0.05, 0.1) is 20.8 Å². The minimum absolute atomic E-state index is 0.106. The number of rotatable bonds is 4. The summed E-state index contributed by atoms with van der Waals surface area (Å²) in [5.41, 5.74) is 0.285. The van der Waals surface area contributed by atoms with Gasteiger partial charge in [-0.15, -0.1) is 0 Å². The highest BCUT2D eigenvalue weighted by molar-refractivity contribution is 6.81. The molecular weight excluding hydrogens is 192 g/mol. The second kappa shape index (κ2) is 4.77. The molecule has 0 aromatic carbocycles. The van der Waals surface area contributed by atoms with Crippen LogP contribution in [0, 0.1) is 0 Å². The molecule has 0 amide bonds. The highest BCUT2D eigenvalue weighted by Gasteiger charge is 2.43. The van der Waals surface area contributed by atoms with Gasteiger partial charge in [-0.1, -0.05) is 47.2 Å². The van der Waals surface area contributed by atoms with Gasteiger partial charge in [0.1, 0.15) is 0 Å². The summed E-state index contributed by atoms with van der Waals surface area (Å²) in [4.78, 5) is 0. The Bertz CT molecular complexity index is 173. The molecule has 2 atom stereocenters. The fraction of sp³-hybridized carbons (Fsp3) is 1.00. The summed E-state index contributed by atoms with van der Waals surface area (Å²) in [6, 6.07) is 0. The van der Waals surface area contributed by atoms with Crippen molar-refractivity contribution in [3.63, 3.8) is 0 Å². The number of hydrogen-bond acceptors (Lipinski definition) is 2. The van der Waals surface area contributed by atoms with Gasteiger partial charge in [0.15, 0.2) is 0 Å². The smallest absolute Gasteiger partial charge is 0.0775 e. The first-order valence-corrected chi connectivity index (χ1v) is 8.55. The Balaban J connectivity index is 4.83. The van der Waals surface area contributed by atoms with Gasteiger partial charge in [-0.3, -0.25) is 0 Å². The van der Waals surface area contributed by atoms with Crippen molar-refractivity contribution in [2.75, 3.05) is 6.61 Å². The maximum atomic E-state index is 9.80. The molecule has 3 heteroatoms. The first kappa shape index (κ1) is 14.1. The number of hydrogen-bond donors (Lipinski definition) is 2. The van der Waals surface area contributed by atoms with Crippen LogP contribution in [0.5, 0.6) is 0 Å². The Hall–Kier alpha value is 0.137. The zero-order valence-electron chi connectivity index (χ0n) is 10.5. The van der Waals surface area contributed by atoms with Crippen molar-refractivity contribution >= 4 is 8.07 Å². The Morgan fingerprint density at radius 3 is 1.86 bits per heavy atom. The quantitative estimate of drug-likeness (QED) is 0.712. The molecule has 2 nitrogen and oxygen atoms in total. The molecule has 0 bridgehead atoms. The monoisotopic (exact) mass is 218 g/mol. The van der Waals surface area contributed by atoms with Crippen molar-refractivity contribution in [2.45, 2.75) is 63.9 Å². The molecule has 0 radical (unpaired) electrons. The van der Waals surface area contributed by atoms with Gasteiger partial charge in [0, 0.05) is 0 Å². The molecule has 0 aromatic rings. The second-order valence-electron chi connectivity index (χ2n) is 5.74. The first-order chi connectivity index (χ1) is 6.18. The van der Waals surface area contributed by atoms with Crippen LogP contribution < -0.4 is 0 Å². The third-order valence-corrected chi connectivity index (χ3v) is 10.5. The molecule has 0 aromatic heterocycles. The van der Waals surface area contributed by atoms with E-state index in [0.717, 1.165) is 6.42 Å².